The standard InChI is InChI=1S/C24H40N2O5/c1-6-8-14-25-23(29)26(15-13-24(3,4)5)16-17-31-20-11-9-19(10-12-20)18-21(22(27)28)30-7-2/h9-12,21H,6-8,13-18H2,1-5H3,(H,25,29)(H,27,28). The molecule has 7 nitrogen and oxygen atoms in total. The number of carboxylic acid groups (broad SMARTS) is 1. The second-order valence-corrected chi connectivity index (χ2v) is 8.86. The molecule has 1 unspecified atom stereocenters. The summed E-state index contributed by atoms with van der Waals surface area (Å²) in [6.07, 6.45) is 2.38. The third-order valence-electron chi connectivity index (χ3n) is 4.84. The molecule has 176 valence electrons. The van der Waals surface area contributed by atoms with Gasteiger partial charge in [-0.1, -0.05) is 46.2 Å². The van der Waals surface area contributed by atoms with Crippen LogP contribution in [0.3, 0.4) is 0 Å². The fourth-order valence-electron chi connectivity index (χ4n) is 2.90. The van der Waals surface area contributed by atoms with Gasteiger partial charge in [0.1, 0.15) is 12.4 Å². The third kappa shape index (κ3) is 11.6. The van der Waals surface area contributed by atoms with E-state index in [9.17, 15) is 14.7 Å². The van der Waals surface area contributed by atoms with Crippen molar-refractivity contribution in [2.45, 2.75) is 66.4 Å². The lowest BCUT2D eigenvalue weighted by molar-refractivity contribution is -0.149. The van der Waals surface area contributed by atoms with Gasteiger partial charge >= 0.3 is 12.0 Å². The van der Waals surface area contributed by atoms with Crippen LogP contribution >= 0.6 is 0 Å². The molecule has 0 radical (unpaired) electrons. The highest BCUT2D eigenvalue weighted by atomic mass is 16.5. The Hall–Kier alpha value is -2.28. The van der Waals surface area contributed by atoms with Crippen LogP contribution in [0, 0.1) is 5.41 Å². The van der Waals surface area contributed by atoms with Crippen LogP contribution in [0.5, 0.6) is 5.75 Å². The molecule has 0 saturated heterocycles. The molecule has 1 atom stereocenters. The fraction of sp³-hybridized carbons (Fsp3) is 0.667. The quantitative estimate of drug-likeness (QED) is 0.424. The van der Waals surface area contributed by atoms with E-state index in [2.05, 4.69) is 33.0 Å². The summed E-state index contributed by atoms with van der Waals surface area (Å²) in [5.74, 6) is -0.274. The first-order valence-electron chi connectivity index (χ1n) is 11.2. The fourth-order valence-corrected chi connectivity index (χ4v) is 2.90. The predicted octanol–water partition coefficient (Wildman–Crippen LogP) is 4.35. The molecule has 1 aromatic carbocycles. The van der Waals surface area contributed by atoms with Crippen molar-refractivity contribution in [2.75, 3.05) is 32.8 Å². The number of nitrogens with zero attached hydrogens (tertiary/aromatic N) is 1. The number of amides is 2. The molecule has 0 aromatic heterocycles. The van der Waals surface area contributed by atoms with Crippen LogP contribution in [0.4, 0.5) is 4.79 Å². The molecule has 0 heterocycles. The minimum atomic E-state index is -0.963. The molecule has 7 heteroatoms. The maximum Gasteiger partial charge on any atom is 0.333 e. The van der Waals surface area contributed by atoms with Crippen molar-refractivity contribution in [2.24, 2.45) is 5.41 Å². The Bertz CT molecular complexity index is 655. The number of hydrogen-bond acceptors (Lipinski definition) is 4. The Balaban J connectivity index is 2.58. The second kappa shape index (κ2) is 13.9. The first kappa shape index (κ1) is 26.8. The number of urea groups is 1. The average molecular weight is 437 g/mol. The molecule has 2 N–H and O–H groups in total. The summed E-state index contributed by atoms with van der Waals surface area (Å²) in [5, 5.41) is 12.2. The normalized spacial score (nSPS) is 12.3. The van der Waals surface area contributed by atoms with Crippen molar-refractivity contribution in [3.8, 4) is 5.75 Å². The SMILES string of the molecule is CCCCNC(=O)N(CCOc1ccc(CC(OCC)C(=O)O)cc1)CCC(C)(C)C. The minimum absolute atomic E-state index is 0.0488. The Morgan fingerprint density at radius 3 is 2.35 bits per heavy atom. The Labute approximate surface area is 187 Å². The van der Waals surface area contributed by atoms with Crippen LogP contribution in [0.25, 0.3) is 0 Å². The van der Waals surface area contributed by atoms with Crippen LogP contribution in [0.2, 0.25) is 0 Å². The molecule has 1 rings (SSSR count). The maximum absolute atomic E-state index is 12.5. The van der Waals surface area contributed by atoms with E-state index in [1.54, 1.807) is 6.92 Å². The van der Waals surface area contributed by atoms with E-state index in [1.165, 1.54) is 0 Å². The highest BCUT2D eigenvalue weighted by Crippen LogP contribution is 2.19. The molecule has 0 saturated carbocycles. The first-order valence-corrected chi connectivity index (χ1v) is 11.2. The van der Waals surface area contributed by atoms with Crippen molar-refractivity contribution >= 4 is 12.0 Å². The zero-order valence-electron chi connectivity index (χ0n) is 19.8. The lowest BCUT2D eigenvalue weighted by Gasteiger charge is -2.27. The van der Waals surface area contributed by atoms with Gasteiger partial charge in [0.15, 0.2) is 6.10 Å². The summed E-state index contributed by atoms with van der Waals surface area (Å²) in [6.45, 7) is 13.0. The molecule has 0 aliphatic rings. The number of ether oxygens (including phenoxy) is 2. The molecule has 0 fully saturated rings. The van der Waals surface area contributed by atoms with Gasteiger partial charge in [0, 0.05) is 26.1 Å². The summed E-state index contributed by atoms with van der Waals surface area (Å²) >= 11 is 0. The Morgan fingerprint density at radius 1 is 1.13 bits per heavy atom. The second-order valence-electron chi connectivity index (χ2n) is 8.86. The first-order chi connectivity index (χ1) is 14.7. The monoisotopic (exact) mass is 436 g/mol. The number of carboxylic acids is 1. The summed E-state index contributed by atoms with van der Waals surface area (Å²) in [6, 6.07) is 7.28. The summed E-state index contributed by atoms with van der Waals surface area (Å²) in [5.41, 5.74) is 1.02. The number of carbonyl (C=O) groups excluding carboxylic acids is 1. The van der Waals surface area contributed by atoms with Crippen LogP contribution in [0.1, 0.15) is 59.4 Å². The van der Waals surface area contributed by atoms with Crippen molar-refractivity contribution in [1.29, 1.82) is 0 Å². The molecule has 0 bridgehead atoms. The van der Waals surface area contributed by atoms with Crippen molar-refractivity contribution in [3.05, 3.63) is 29.8 Å². The van der Waals surface area contributed by atoms with Gasteiger partial charge in [-0.15, -0.1) is 0 Å². The lowest BCUT2D eigenvalue weighted by atomic mass is 9.92. The largest absolute Gasteiger partial charge is 0.492 e. The highest BCUT2D eigenvalue weighted by molar-refractivity contribution is 5.74. The Morgan fingerprint density at radius 2 is 1.81 bits per heavy atom. The number of carbonyl (C=O) groups is 2. The number of benzene rings is 1. The number of hydrogen-bond donors (Lipinski definition) is 2. The van der Waals surface area contributed by atoms with Gasteiger partial charge in [-0.05, 0) is 42.9 Å². The molecular weight excluding hydrogens is 396 g/mol. The van der Waals surface area contributed by atoms with Gasteiger partial charge in [-0.2, -0.15) is 0 Å². The average Bonchev–Trinajstić information content (AvgIpc) is 2.70. The smallest absolute Gasteiger partial charge is 0.333 e. The van der Waals surface area contributed by atoms with Crippen LogP contribution in [-0.2, 0) is 16.0 Å². The van der Waals surface area contributed by atoms with E-state index in [-0.39, 0.29) is 11.4 Å². The van der Waals surface area contributed by atoms with E-state index in [0.717, 1.165) is 24.8 Å². The van der Waals surface area contributed by atoms with E-state index < -0.39 is 12.1 Å². The lowest BCUT2D eigenvalue weighted by Crippen LogP contribution is -2.43. The number of rotatable bonds is 14. The van der Waals surface area contributed by atoms with E-state index in [0.29, 0.717) is 45.0 Å². The number of nitrogens with one attached hydrogen (secondary N) is 1. The minimum Gasteiger partial charge on any atom is -0.492 e. The van der Waals surface area contributed by atoms with Crippen LogP contribution in [-0.4, -0.2) is 61.0 Å². The topological polar surface area (TPSA) is 88.1 Å². The van der Waals surface area contributed by atoms with E-state index >= 15 is 0 Å². The van der Waals surface area contributed by atoms with Gasteiger partial charge in [0.05, 0.1) is 6.54 Å². The zero-order chi connectivity index (χ0) is 23.3. The summed E-state index contributed by atoms with van der Waals surface area (Å²) in [7, 11) is 0. The molecule has 2 amide bonds. The predicted molar refractivity (Wildman–Crippen MR) is 123 cm³/mol. The number of aliphatic carboxylic acids is 1. The Kier molecular flexibility index (Phi) is 12.0. The molecule has 0 spiro atoms. The van der Waals surface area contributed by atoms with Gasteiger partial charge in [-0.3, -0.25) is 0 Å². The maximum atomic E-state index is 12.5. The van der Waals surface area contributed by atoms with Crippen molar-refractivity contribution in [3.63, 3.8) is 0 Å². The van der Waals surface area contributed by atoms with Crippen LogP contribution in [0.15, 0.2) is 24.3 Å². The van der Waals surface area contributed by atoms with Gasteiger partial charge in [0.2, 0.25) is 0 Å². The summed E-state index contributed by atoms with van der Waals surface area (Å²) < 4.78 is 11.1. The highest BCUT2D eigenvalue weighted by Gasteiger charge is 2.19. The van der Waals surface area contributed by atoms with E-state index in [1.807, 2.05) is 29.2 Å². The molecule has 1 aromatic rings. The summed E-state index contributed by atoms with van der Waals surface area (Å²) in [4.78, 5) is 25.6. The van der Waals surface area contributed by atoms with Crippen molar-refractivity contribution in [1.82, 2.24) is 10.2 Å². The van der Waals surface area contributed by atoms with Crippen LogP contribution < -0.4 is 10.1 Å². The molecule has 0 aliphatic heterocycles. The van der Waals surface area contributed by atoms with Gasteiger partial charge in [-0.25, -0.2) is 9.59 Å². The van der Waals surface area contributed by atoms with Gasteiger partial charge in [0.25, 0.3) is 0 Å². The molecule has 31 heavy (non-hydrogen) atoms. The molecular formula is C24H40N2O5. The molecule has 0 aliphatic carbocycles. The third-order valence-corrected chi connectivity index (χ3v) is 4.84. The number of unbranched alkanes of at least 4 members (excludes halogenated alkanes) is 1. The van der Waals surface area contributed by atoms with E-state index in [4.69, 9.17) is 9.47 Å². The van der Waals surface area contributed by atoms with Gasteiger partial charge < -0.3 is 24.8 Å². The van der Waals surface area contributed by atoms with Crippen molar-refractivity contribution < 1.29 is 24.2 Å². The zero-order valence-corrected chi connectivity index (χ0v) is 19.8.